The van der Waals surface area contributed by atoms with Gasteiger partial charge in [0.25, 0.3) is 0 Å². The highest BCUT2D eigenvalue weighted by atomic mass is 127. The van der Waals surface area contributed by atoms with Crippen molar-refractivity contribution in [3.8, 4) is 0 Å². The largest absolute Gasteiger partial charge is 0.252 e. The van der Waals surface area contributed by atoms with E-state index < -0.39 is 0 Å². The number of allylic oxidation sites excluding steroid dienone is 1. The van der Waals surface area contributed by atoms with E-state index >= 15 is 0 Å². The predicted molar refractivity (Wildman–Crippen MR) is 54.9 cm³/mol. The van der Waals surface area contributed by atoms with E-state index in [1.807, 2.05) is 25.1 Å². The average Bonchev–Trinajstić information content (AvgIpc) is 2.30. The third-order valence-electron chi connectivity index (χ3n) is 1.75. The molecule has 55 valence electrons. The SMILES string of the molecule is CC1=C(I)c2ccccc2[N]1. The Morgan fingerprint density at radius 3 is 2.73 bits per heavy atom. The molecule has 1 radical (unpaired) electrons. The number of halogens is 1. The second-order valence-corrected chi connectivity index (χ2v) is 3.61. The van der Waals surface area contributed by atoms with Crippen molar-refractivity contribution in [2.45, 2.75) is 6.92 Å². The van der Waals surface area contributed by atoms with Crippen molar-refractivity contribution in [3.63, 3.8) is 0 Å². The first-order chi connectivity index (χ1) is 5.29. The van der Waals surface area contributed by atoms with E-state index in [0.717, 1.165) is 11.4 Å². The zero-order valence-electron chi connectivity index (χ0n) is 6.13. The molecule has 0 atom stereocenters. The van der Waals surface area contributed by atoms with Crippen LogP contribution in [0.2, 0.25) is 0 Å². The van der Waals surface area contributed by atoms with Crippen molar-refractivity contribution in [2.24, 2.45) is 0 Å². The van der Waals surface area contributed by atoms with Gasteiger partial charge in [0.1, 0.15) is 0 Å². The summed E-state index contributed by atoms with van der Waals surface area (Å²) in [6.45, 7) is 2.04. The third kappa shape index (κ3) is 1.05. The molecule has 1 aliphatic heterocycles. The maximum Gasteiger partial charge on any atom is 0.0716 e. The lowest BCUT2D eigenvalue weighted by Crippen LogP contribution is -1.85. The van der Waals surface area contributed by atoms with Gasteiger partial charge in [0.15, 0.2) is 0 Å². The van der Waals surface area contributed by atoms with Crippen molar-refractivity contribution < 1.29 is 0 Å². The van der Waals surface area contributed by atoms with Gasteiger partial charge in [-0.2, -0.15) is 0 Å². The van der Waals surface area contributed by atoms with Crippen LogP contribution in [0.25, 0.3) is 3.58 Å². The molecule has 0 bridgehead atoms. The van der Waals surface area contributed by atoms with E-state index in [2.05, 4.69) is 34.0 Å². The first-order valence-corrected chi connectivity index (χ1v) is 4.54. The van der Waals surface area contributed by atoms with Gasteiger partial charge in [-0.05, 0) is 35.6 Å². The van der Waals surface area contributed by atoms with Crippen LogP contribution in [-0.4, -0.2) is 0 Å². The summed E-state index contributed by atoms with van der Waals surface area (Å²) >= 11 is 2.34. The number of rotatable bonds is 0. The first-order valence-electron chi connectivity index (χ1n) is 3.46. The van der Waals surface area contributed by atoms with E-state index in [1.165, 1.54) is 9.14 Å². The molecule has 0 amide bonds. The summed E-state index contributed by atoms with van der Waals surface area (Å²) in [7, 11) is 0. The second kappa shape index (κ2) is 2.52. The fourth-order valence-electron chi connectivity index (χ4n) is 1.18. The molecule has 2 rings (SSSR count). The zero-order chi connectivity index (χ0) is 7.84. The molecule has 0 spiro atoms. The zero-order valence-corrected chi connectivity index (χ0v) is 8.29. The van der Waals surface area contributed by atoms with Gasteiger partial charge in [0.05, 0.1) is 11.4 Å². The minimum atomic E-state index is 1.11. The molecule has 0 fully saturated rings. The van der Waals surface area contributed by atoms with Crippen LogP contribution < -0.4 is 5.32 Å². The van der Waals surface area contributed by atoms with Gasteiger partial charge in [0.2, 0.25) is 0 Å². The van der Waals surface area contributed by atoms with Gasteiger partial charge in [-0.1, -0.05) is 18.2 Å². The number of benzene rings is 1. The smallest absolute Gasteiger partial charge is 0.0716 e. The predicted octanol–water partition coefficient (Wildman–Crippen LogP) is 3.06. The van der Waals surface area contributed by atoms with Gasteiger partial charge in [0, 0.05) is 9.14 Å². The van der Waals surface area contributed by atoms with E-state index in [4.69, 9.17) is 0 Å². The third-order valence-corrected chi connectivity index (χ3v) is 3.11. The van der Waals surface area contributed by atoms with Gasteiger partial charge >= 0.3 is 0 Å². The molecular weight excluding hydrogens is 249 g/mol. The molecule has 11 heavy (non-hydrogen) atoms. The number of fused-ring (bicyclic) bond motifs is 1. The molecular formula is C9H7IN. The van der Waals surface area contributed by atoms with Crippen molar-refractivity contribution >= 4 is 31.9 Å². The molecule has 0 saturated carbocycles. The van der Waals surface area contributed by atoms with E-state index in [0.29, 0.717) is 0 Å². The quantitative estimate of drug-likeness (QED) is 0.633. The van der Waals surface area contributed by atoms with Crippen molar-refractivity contribution in [1.29, 1.82) is 0 Å². The molecule has 1 aromatic rings. The second-order valence-electron chi connectivity index (χ2n) is 2.53. The lowest BCUT2D eigenvalue weighted by Gasteiger charge is -1.94. The lowest BCUT2D eigenvalue weighted by atomic mass is 10.2. The van der Waals surface area contributed by atoms with Crippen molar-refractivity contribution in [3.05, 3.63) is 35.5 Å². The first kappa shape index (κ1) is 7.16. The highest BCUT2D eigenvalue weighted by Gasteiger charge is 2.16. The molecule has 1 heterocycles. The minimum Gasteiger partial charge on any atom is -0.252 e. The lowest BCUT2D eigenvalue weighted by molar-refractivity contribution is 1.09. The van der Waals surface area contributed by atoms with Crippen LogP contribution in [0.15, 0.2) is 30.0 Å². The number of hydrogen-bond donors (Lipinski definition) is 0. The molecule has 0 aromatic heterocycles. The number of nitrogens with zero attached hydrogens (tertiary/aromatic N) is 1. The van der Waals surface area contributed by atoms with E-state index in [9.17, 15) is 0 Å². The summed E-state index contributed by atoms with van der Waals surface area (Å²) in [6.07, 6.45) is 0. The Labute approximate surface area is 79.6 Å². The molecule has 0 aliphatic carbocycles. The van der Waals surface area contributed by atoms with Gasteiger partial charge in [-0.15, -0.1) is 0 Å². The summed E-state index contributed by atoms with van der Waals surface area (Å²) < 4.78 is 1.28. The Bertz CT molecular complexity index is 328. The van der Waals surface area contributed by atoms with Crippen molar-refractivity contribution in [2.75, 3.05) is 0 Å². The van der Waals surface area contributed by atoms with E-state index in [1.54, 1.807) is 0 Å². The van der Waals surface area contributed by atoms with Crippen LogP contribution in [0.1, 0.15) is 12.5 Å². The maximum atomic E-state index is 4.41. The Balaban J connectivity index is 2.60. The van der Waals surface area contributed by atoms with Gasteiger partial charge < -0.3 is 0 Å². The molecule has 0 N–H and O–H groups in total. The summed E-state index contributed by atoms with van der Waals surface area (Å²) in [6, 6.07) is 8.22. The molecule has 1 aromatic carbocycles. The molecule has 0 saturated heterocycles. The summed E-state index contributed by atoms with van der Waals surface area (Å²) in [4.78, 5) is 0. The summed E-state index contributed by atoms with van der Waals surface area (Å²) in [5, 5.41) is 4.41. The van der Waals surface area contributed by atoms with Gasteiger partial charge in [-0.25, -0.2) is 0 Å². The standard InChI is InChI=1S/C9H7IN/c1-6-9(10)7-4-2-3-5-8(7)11-6/h2-5H,1H3. The highest BCUT2D eigenvalue weighted by Crippen LogP contribution is 2.37. The topological polar surface area (TPSA) is 14.1 Å². The fraction of sp³-hybridized carbons (Fsp3) is 0.111. The summed E-state index contributed by atoms with van der Waals surface area (Å²) in [5.41, 5.74) is 3.51. The Morgan fingerprint density at radius 1 is 1.27 bits per heavy atom. The molecule has 1 aliphatic rings. The Morgan fingerprint density at radius 2 is 2.00 bits per heavy atom. The normalized spacial score (nSPS) is 14.7. The Hall–Kier alpha value is -0.510. The van der Waals surface area contributed by atoms with Crippen LogP contribution in [0, 0.1) is 0 Å². The molecule has 2 heteroatoms. The van der Waals surface area contributed by atoms with Crippen LogP contribution in [0.4, 0.5) is 5.69 Å². The molecule has 1 nitrogen and oxygen atoms in total. The van der Waals surface area contributed by atoms with Crippen LogP contribution >= 0.6 is 22.6 Å². The molecule has 0 unspecified atom stereocenters. The van der Waals surface area contributed by atoms with Crippen LogP contribution in [0.3, 0.4) is 0 Å². The van der Waals surface area contributed by atoms with Gasteiger partial charge in [-0.3, -0.25) is 5.32 Å². The summed E-state index contributed by atoms with van der Waals surface area (Å²) in [5.74, 6) is 0. The van der Waals surface area contributed by atoms with Crippen molar-refractivity contribution in [1.82, 2.24) is 5.32 Å². The van der Waals surface area contributed by atoms with Crippen LogP contribution in [0.5, 0.6) is 0 Å². The van der Waals surface area contributed by atoms with Crippen LogP contribution in [-0.2, 0) is 0 Å². The minimum absolute atomic E-state index is 1.11. The van der Waals surface area contributed by atoms with E-state index in [-0.39, 0.29) is 0 Å². The average molecular weight is 256 g/mol. The number of hydrogen-bond acceptors (Lipinski definition) is 0. The monoisotopic (exact) mass is 256 g/mol. The highest BCUT2D eigenvalue weighted by molar-refractivity contribution is 14.1. The Kier molecular flexibility index (Phi) is 1.64. The maximum absolute atomic E-state index is 4.41. The number of para-hydroxylation sites is 1. The fourth-order valence-corrected chi connectivity index (χ4v) is 1.76.